The molecule has 2 rings (SSSR count). The molecule has 1 fully saturated rings. The Morgan fingerprint density at radius 2 is 1.86 bits per heavy atom. The SMILES string of the molecule is COc1ccc(C(C)C)cc1[C@H](CF)N1CCNCC1.Cl.Cl. The van der Waals surface area contributed by atoms with Gasteiger partial charge in [-0.3, -0.25) is 4.90 Å². The highest BCUT2D eigenvalue weighted by atomic mass is 35.5. The van der Waals surface area contributed by atoms with Crippen LogP contribution in [0.1, 0.15) is 36.9 Å². The summed E-state index contributed by atoms with van der Waals surface area (Å²) in [5, 5.41) is 3.31. The van der Waals surface area contributed by atoms with E-state index in [0.717, 1.165) is 37.5 Å². The van der Waals surface area contributed by atoms with Crippen molar-refractivity contribution in [2.24, 2.45) is 0 Å². The van der Waals surface area contributed by atoms with Gasteiger partial charge in [-0.05, 0) is 17.5 Å². The van der Waals surface area contributed by atoms with Crippen molar-refractivity contribution in [1.82, 2.24) is 10.2 Å². The van der Waals surface area contributed by atoms with Gasteiger partial charge in [-0.25, -0.2) is 4.39 Å². The van der Waals surface area contributed by atoms with Crippen LogP contribution in [0.3, 0.4) is 0 Å². The van der Waals surface area contributed by atoms with Crippen molar-refractivity contribution in [3.05, 3.63) is 29.3 Å². The summed E-state index contributed by atoms with van der Waals surface area (Å²) >= 11 is 0. The number of piperazine rings is 1. The summed E-state index contributed by atoms with van der Waals surface area (Å²) in [6.07, 6.45) is 0. The molecule has 128 valence electrons. The second-order valence-corrected chi connectivity index (χ2v) is 5.61. The lowest BCUT2D eigenvalue weighted by Crippen LogP contribution is -2.45. The number of alkyl halides is 1. The van der Waals surface area contributed by atoms with Crippen LogP contribution >= 0.6 is 24.8 Å². The molecule has 3 nitrogen and oxygen atoms in total. The molecule has 1 aliphatic rings. The minimum Gasteiger partial charge on any atom is -0.496 e. The lowest BCUT2D eigenvalue weighted by atomic mass is 9.96. The first kappa shape index (κ1) is 21.4. The second-order valence-electron chi connectivity index (χ2n) is 5.61. The molecule has 22 heavy (non-hydrogen) atoms. The Balaban J connectivity index is 0.00000220. The number of hydrogen-bond acceptors (Lipinski definition) is 3. The quantitative estimate of drug-likeness (QED) is 0.876. The molecule has 0 spiro atoms. The van der Waals surface area contributed by atoms with Gasteiger partial charge in [0.1, 0.15) is 12.4 Å². The molecule has 0 unspecified atom stereocenters. The Hall–Kier alpha value is -0.550. The van der Waals surface area contributed by atoms with Gasteiger partial charge in [-0.15, -0.1) is 24.8 Å². The molecule has 0 saturated carbocycles. The molecule has 1 aromatic rings. The van der Waals surface area contributed by atoms with Crippen molar-refractivity contribution in [3.63, 3.8) is 0 Å². The summed E-state index contributed by atoms with van der Waals surface area (Å²) in [5.74, 6) is 1.22. The fourth-order valence-corrected chi connectivity index (χ4v) is 2.74. The van der Waals surface area contributed by atoms with Crippen LogP contribution in [-0.2, 0) is 0 Å². The van der Waals surface area contributed by atoms with E-state index in [-0.39, 0.29) is 37.5 Å². The Kier molecular flexibility index (Phi) is 10.0. The minimum atomic E-state index is -0.377. The van der Waals surface area contributed by atoms with Crippen LogP contribution in [0.15, 0.2) is 18.2 Å². The molecule has 1 aliphatic heterocycles. The van der Waals surface area contributed by atoms with Crippen LogP contribution in [0, 0.1) is 0 Å². The van der Waals surface area contributed by atoms with E-state index in [4.69, 9.17) is 4.74 Å². The van der Waals surface area contributed by atoms with E-state index in [0.29, 0.717) is 5.92 Å². The van der Waals surface area contributed by atoms with Crippen molar-refractivity contribution in [2.45, 2.75) is 25.8 Å². The highest BCUT2D eigenvalue weighted by Gasteiger charge is 2.25. The number of ether oxygens (including phenoxy) is 1. The van der Waals surface area contributed by atoms with E-state index >= 15 is 0 Å². The molecule has 6 heteroatoms. The molecule has 1 saturated heterocycles. The minimum absolute atomic E-state index is 0. The number of rotatable bonds is 5. The zero-order chi connectivity index (χ0) is 14.5. The van der Waals surface area contributed by atoms with E-state index in [1.807, 2.05) is 6.07 Å². The maximum Gasteiger partial charge on any atom is 0.123 e. The molecule has 0 amide bonds. The molecule has 1 aromatic carbocycles. The first-order chi connectivity index (χ1) is 9.67. The monoisotopic (exact) mass is 352 g/mol. The molecule has 1 heterocycles. The van der Waals surface area contributed by atoms with Gasteiger partial charge >= 0.3 is 0 Å². The molecule has 0 radical (unpaired) electrons. The van der Waals surface area contributed by atoms with Crippen LogP contribution in [0.4, 0.5) is 4.39 Å². The smallest absolute Gasteiger partial charge is 0.123 e. The van der Waals surface area contributed by atoms with E-state index in [1.165, 1.54) is 5.56 Å². The first-order valence-electron chi connectivity index (χ1n) is 7.36. The molecule has 0 aliphatic carbocycles. The van der Waals surface area contributed by atoms with Gasteiger partial charge in [0, 0.05) is 31.7 Å². The van der Waals surface area contributed by atoms with Gasteiger partial charge < -0.3 is 10.1 Å². The lowest BCUT2D eigenvalue weighted by Gasteiger charge is -2.34. The van der Waals surface area contributed by atoms with Crippen LogP contribution in [0.5, 0.6) is 5.75 Å². The summed E-state index contributed by atoms with van der Waals surface area (Å²) in [7, 11) is 1.65. The van der Waals surface area contributed by atoms with Gasteiger partial charge in [-0.1, -0.05) is 26.0 Å². The van der Waals surface area contributed by atoms with E-state index in [1.54, 1.807) is 7.11 Å². The van der Waals surface area contributed by atoms with Crippen LogP contribution < -0.4 is 10.1 Å². The number of benzene rings is 1. The van der Waals surface area contributed by atoms with E-state index in [9.17, 15) is 4.39 Å². The number of nitrogens with one attached hydrogen (secondary N) is 1. The third-order valence-electron chi connectivity index (χ3n) is 4.02. The standard InChI is InChI=1S/C16H25FN2O.2ClH/c1-12(2)13-4-5-16(20-3)14(10-13)15(11-17)19-8-6-18-7-9-19;;/h4-5,10,12,15,18H,6-9,11H2,1-3H3;2*1H/t15-;;/m0../s1. The lowest BCUT2D eigenvalue weighted by molar-refractivity contribution is 0.145. The first-order valence-corrected chi connectivity index (χ1v) is 7.36. The van der Waals surface area contributed by atoms with Gasteiger partial charge in [0.25, 0.3) is 0 Å². The molecular weight excluding hydrogens is 326 g/mol. The Morgan fingerprint density at radius 1 is 1.23 bits per heavy atom. The van der Waals surface area contributed by atoms with Gasteiger partial charge in [0.05, 0.1) is 13.2 Å². The van der Waals surface area contributed by atoms with Crippen LogP contribution in [0.2, 0.25) is 0 Å². The number of methoxy groups -OCH3 is 1. The Bertz CT molecular complexity index is 440. The number of halogens is 3. The third-order valence-corrected chi connectivity index (χ3v) is 4.02. The fourth-order valence-electron chi connectivity index (χ4n) is 2.74. The van der Waals surface area contributed by atoms with Gasteiger partial charge in [-0.2, -0.15) is 0 Å². The van der Waals surface area contributed by atoms with Gasteiger partial charge in [0.15, 0.2) is 0 Å². The van der Waals surface area contributed by atoms with E-state index in [2.05, 4.69) is 36.2 Å². The Morgan fingerprint density at radius 3 is 2.36 bits per heavy atom. The number of nitrogens with zero attached hydrogens (tertiary/aromatic N) is 1. The average Bonchev–Trinajstić information content (AvgIpc) is 2.49. The molecular formula is C16H27Cl2FN2O. The normalized spacial score (nSPS) is 16.6. The highest BCUT2D eigenvalue weighted by Crippen LogP contribution is 2.32. The largest absolute Gasteiger partial charge is 0.496 e. The maximum absolute atomic E-state index is 13.7. The van der Waals surface area contributed by atoms with Crippen molar-refractivity contribution >= 4 is 24.8 Å². The Labute approximate surface area is 145 Å². The van der Waals surface area contributed by atoms with Gasteiger partial charge in [0.2, 0.25) is 0 Å². The van der Waals surface area contributed by atoms with E-state index < -0.39 is 0 Å². The summed E-state index contributed by atoms with van der Waals surface area (Å²) in [5.41, 5.74) is 2.21. The summed E-state index contributed by atoms with van der Waals surface area (Å²) < 4.78 is 19.1. The van der Waals surface area contributed by atoms with Crippen molar-refractivity contribution < 1.29 is 9.13 Å². The summed E-state index contributed by atoms with van der Waals surface area (Å²) in [6, 6.07) is 5.94. The summed E-state index contributed by atoms with van der Waals surface area (Å²) in [6.45, 7) is 7.53. The predicted molar refractivity (Wildman–Crippen MR) is 94.7 cm³/mol. The van der Waals surface area contributed by atoms with Crippen LogP contribution in [-0.4, -0.2) is 44.9 Å². The van der Waals surface area contributed by atoms with Crippen molar-refractivity contribution in [3.8, 4) is 5.75 Å². The highest BCUT2D eigenvalue weighted by molar-refractivity contribution is 5.85. The zero-order valence-corrected chi connectivity index (χ0v) is 15.1. The molecule has 0 aromatic heterocycles. The van der Waals surface area contributed by atoms with Crippen LogP contribution in [0.25, 0.3) is 0 Å². The topological polar surface area (TPSA) is 24.5 Å². The average molecular weight is 353 g/mol. The van der Waals surface area contributed by atoms with Crippen molar-refractivity contribution in [1.29, 1.82) is 0 Å². The maximum atomic E-state index is 13.7. The molecule has 1 atom stereocenters. The fraction of sp³-hybridized carbons (Fsp3) is 0.625. The number of hydrogen-bond donors (Lipinski definition) is 1. The summed E-state index contributed by atoms with van der Waals surface area (Å²) in [4.78, 5) is 2.21. The molecule has 1 N–H and O–H groups in total. The van der Waals surface area contributed by atoms with Crippen molar-refractivity contribution in [2.75, 3.05) is 40.0 Å². The molecule has 0 bridgehead atoms. The second kappa shape index (κ2) is 10.3. The third kappa shape index (κ3) is 4.98. The zero-order valence-electron chi connectivity index (χ0n) is 13.5. The predicted octanol–water partition coefficient (Wildman–Crippen LogP) is 3.58.